The molecule has 3 aliphatic rings. The number of carbonyl (C=O) groups is 1. The summed E-state index contributed by atoms with van der Waals surface area (Å²) >= 11 is 6.04. The van der Waals surface area contributed by atoms with E-state index < -0.39 is 27.1 Å². The summed E-state index contributed by atoms with van der Waals surface area (Å²) in [4.78, 5) is 23.7. The fourth-order valence-corrected chi connectivity index (χ4v) is 6.98. The first-order valence-corrected chi connectivity index (χ1v) is 12.3. The van der Waals surface area contributed by atoms with Gasteiger partial charge in [0.2, 0.25) is 5.91 Å². The fourth-order valence-electron chi connectivity index (χ4n) is 5.08. The van der Waals surface area contributed by atoms with Crippen LogP contribution in [0.2, 0.25) is 5.02 Å². The second-order valence-corrected chi connectivity index (χ2v) is 11.2. The summed E-state index contributed by atoms with van der Waals surface area (Å²) in [5, 5.41) is 0.212. The van der Waals surface area contributed by atoms with Gasteiger partial charge in [-0.15, -0.1) is 0 Å². The van der Waals surface area contributed by atoms with Gasteiger partial charge in [0.25, 0.3) is 0 Å². The zero-order chi connectivity index (χ0) is 21.5. The minimum absolute atomic E-state index is 0.00773. The number of rotatable bonds is 3. The van der Waals surface area contributed by atoms with Gasteiger partial charge >= 0.3 is 0 Å². The lowest BCUT2D eigenvalue weighted by molar-refractivity contribution is -0.120. The third kappa shape index (κ3) is 2.75. The van der Waals surface area contributed by atoms with Crippen LogP contribution in [0, 0.1) is 5.82 Å². The van der Waals surface area contributed by atoms with Crippen molar-refractivity contribution in [2.45, 2.75) is 37.3 Å². The van der Waals surface area contributed by atoms with Crippen LogP contribution >= 0.6 is 11.6 Å². The Kier molecular flexibility index (Phi) is 3.87. The largest absolute Gasteiger partial charge is 0.320 e. The summed E-state index contributed by atoms with van der Waals surface area (Å²) < 4.78 is 40.9. The van der Waals surface area contributed by atoms with E-state index >= 15 is 0 Å². The smallest absolute Gasteiger partial charge is 0.238 e. The van der Waals surface area contributed by atoms with E-state index in [9.17, 15) is 17.6 Å². The lowest BCUT2D eigenvalue weighted by atomic mass is 9.99. The van der Waals surface area contributed by atoms with Crippen LogP contribution in [0.5, 0.6) is 0 Å². The highest BCUT2D eigenvalue weighted by Gasteiger charge is 2.59. The van der Waals surface area contributed by atoms with Crippen LogP contribution in [-0.4, -0.2) is 40.4 Å². The molecule has 10 heteroatoms. The molecule has 160 valence electrons. The number of nitrogens with zero attached hydrogens (tertiary/aromatic N) is 4. The van der Waals surface area contributed by atoms with Crippen LogP contribution in [0.25, 0.3) is 11.0 Å². The number of fused-ring (bicyclic) bond motifs is 3. The second kappa shape index (κ2) is 6.26. The van der Waals surface area contributed by atoms with E-state index in [0.717, 1.165) is 24.1 Å². The number of aromatic nitrogens is 3. The second-order valence-electron chi connectivity index (χ2n) is 8.58. The quantitative estimate of drug-likeness (QED) is 0.599. The Labute approximate surface area is 182 Å². The van der Waals surface area contributed by atoms with Gasteiger partial charge in [-0.3, -0.25) is 9.78 Å². The molecule has 2 aliphatic heterocycles. The number of hydrogen-bond donors (Lipinski definition) is 0. The fraction of sp³-hybridized carbons (Fsp3) is 0.381. The topological polar surface area (TPSA) is 85.2 Å². The van der Waals surface area contributed by atoms with E-state index in [1.54, 1.807) is 27.9 Å². The number of imidazole rings is 1. The van der Waals surface area contributed by atoms with Crippen LogP contribution in [-0.2, 0) is 26.6 Å². The zero-order valence-electron chi connectivity index (χ0n) is 16.4. The first-order chi connectivity index (χ1) is 14.8. The van der Waals surface area contributed by atoms with Gasteiger partial charge in [-0.2, -0.15) is 0 Å². The van der Waals surface area contributed by atoms with E-state index in [1.165, 1.54) is 6.07 Å². The molecule has 3 aromatic rings. The third-order valence-corrected chi connectivity index (χ3v) is 8.63. The number of amides is 1. The summed E-state index contributed by atoms with van der Waals surface area (Å²) in [6.45, 7) is 0.113. The van der Waals surface area contributed by atoms with Gasteiger partial charge in [0, 0.05) is 11.2 Å². The van der Waals surface area contributed by atoms with Crippen molar-refractivity contribution in [3.8, 4) is 0 Å². The highest BCUT2D eigenvalue weighted by Crippen LogP contribution is 2.57. The normalized spacial score (nSPS) is 23.1. The van der Waals surface area contributed by atoms with Gasteiger partial charge in [0.15, 0.2) is 15.7 Å². The zero-order valence-corrected chi connectivity index (χ0v) is 18.0. The Balaban J connectivity index is 1.50. The molecule has 1 atom stereocenters. The minimum Gasteiger partial charge on any atom is -0.320 e. The predicted molar refractivity (Wildman–Crippen MR) is 113 cm³/mol. The maximum absolute atomic E-state index is 14.9. The van der Waals surface area contributed by atoms with Crippen molar-refractivity contribution in [1.82, 2.24) is 14.5 Å². The van der Waals surface area contributed by atoms with Crippen LogP contribution in [0.3, 0.4) is 0 Å². The molecule has 0 N–H and O–H groups in total. The third-order valence-electron chi connectivity index (χ3n) is 6.66. The molecule has 2 aromatic heterocycles. The predicted octanol–water partition coefficient (Wildman–Crippen LogP) is 3.16. The number of benzene rings is 1. The summed E-state index contributed by atoms with van der Waals surface area (Å²) in [7, 11) is -3.21. The monoisotopic (exact) mass is 460 g/mol. The standard InChI is InChI=1S/C21H18ClFN4O3S/c22-12-7-15(23)19-16(8-12)25-18(27(19)13-2-6-31(29,30)11-13)10-26-17-9-24-5-1-14(17)21(3-4-21)20(26)28/h1,5,7-9,13H,2-4,6,10-11H2/t13-/m1/s1. The molecule has 2 fully saturated rings. The number of pyridine rings is 1. The van der Waals surface area contributed by atoms with Gasteiger partial charge < -0.3 is 9.47 Å². The molecule has 1 aliphatic carbocycles. The first kappa shape index (κ1) is 19.2. The van der Waals surface area contributed by atoms with E-state index in [-0.39, 0.29) is 34.5 Å². The molecule has 1 spiro atoms. The molecule has 6 rings (SSSR count). The molecule has 1 aromatic carbocycles. The van der Waals surface area contributed by atoms with Crippen LogP contribution in [0.1, 0.15) is 36.7 Å². The van der Waals surface area contributed by atoms with Crippen molar-refractivity contribution in [2.75, 3.05) is 16.4 Å². The number of anilines is 1. The van der Waals surface area contributed by atoms with Gasteiger partial charge in [-0.25, -0.2) is 17.8 Å². The van der Waals surface area contributed by atoms with Crippen molar-refractivity contribution in [3.05, 3.63) is 52.8 Å². The SMILES string of the molecule is O=C1N(Cc2nc3cc(Cl)cc(F)c3n2[C@@H]2CCS(=O)(=O)C2)c2cnccc2C12CC2. The van der Waals surface area contributed by atoms with Crippen LogP contribution in [0.4, 0.5) is 10.1 Å². The maximum atomic E-state index is 14.9. The van der Waals surface area contributed by atoms with E-state index in [4.69, 9.17) is 11.6 Å². The molecule has 1 amide bonds. The number of carbonyl (C=O) groups excluding carboxylic acids is 1. The Morgan fingerprint density at radius 2 is 2.10 bits per heavy atom. The number of hydrogen-bond acceptors (Lipinski definition) is 5. The molecule has 0 unspecified atom stereocenters. The Bertz CT molecular complexity index is 1380. The van der Waals surface area contributed by atoms with E-state index in [0.29, 0.717) is 17.8 Å². The molecule has 4 heterocycles. The molecule has 7 nitrogen and oxygen atoms in total. The van der Waals surface area contributed by atoms with Crippen molar-refractivity contribution < 1.29 is 17.6 Å². The summed E-state index contributed by atoms with van der Waals surface area (Å²) in [5.41, 5.74) is 1.79. The minimum atomic E-state index is -3.21. The highest BCUT2D eigenvalue weighted by molar-refractivity contribution is 7.91. The van der Waals surface area contributed by atoms with Gasteiger partial charge in [-0.1, -0.05) is 11.6 Å². The highest BCUT2D eigenvalue weighted by atomic mass is 35.5. The molecule has 1 saturated carbocycles. The average Bonchev–Trinajstić information content (AvgIpc) is 3.26. The molecule has 0 radical (unpaired) electrons. The number of halogens is 2. The van der Waals surface area contributed by atoms with Crippen molar-refractivity contribution >= 4 is 44.1 Å². The molecular weight excluding hydrogens is 443 g/mol. The summed E-state index contributed by atoms with van der Waals surface area (Å²) in [6.07, 6.45) is 5.32. The average molecular weight is 461 g/mol. The molecule has 1 saturated heterocycles. The van der Waals surface area contributed by atoms with Crippen molar-refractivity contribution in [2.24, 2.45) is 0 Å². The summed E-state index contributed by atoms with van der Waals surface area (Å²) in [5.74, 6) is -0.154. The lowest BCUT2D eigenvalue weighted by Gasteiger charge is -2.21. The summed E-state index contributed by atoms with van der Waals surface area (Å²) in [6, 6.07) is 4.20. The maximum Gasteiger partial charge on any atom is 0.238 e. The Hall–Kier alpha value is -2.52. The van der Waals surface area contributed by atoms with E-state index in [1.807, 2.05) is 6.07 Å². The van der Waals surface area contributed by atoms with Gasteiger partial charge in [0.1, 0.15) is 11.3 Å². The molecular formula is C21H18ClFN4O3S. The van der Waals surface area contributed by atoms with E-state index in [2.05, 4.69) is 9.97 Å². The Morgan fingerprint density at radius 1 is 1.29 bits per heavy atom. The van der Waals surface area contributed by atoms with Crippen LogP contribution < -0.4 is 4.90 Å². The van der Waals surface area contributed by atoms with Crippen LogP contribution in [0.15, 0.2) is 30.6 Å². The number of sulfone groups is 1. The van der Waals surface area contributed by atoms with Crippen molar-refractivity contribution in [1.29, 1.82) is 0 Å². The first-order valence-electron chi connectivity index (χ1n) is 10.1. The Morgan fingerprint density at radius 3 is 2.81 bits per heavy atom. The lowest BCUT2D eigenvalue weighted by Crippen LogP contribution is -2.33. The molecule has 31 heavy (non-hydrogen) atoms. The van der Waals surface area contributed by atoms with Crippen molar-refractivity contribution in [3.63, 3.8) is 0 Å². The van der Waals surface area contributed by atoms with Gasteiger partial charge in [0.05, 0.1) is 46.9 Å². The van der Waals surface area contributed by atoms with Gasteiger partial charge in [-0.05, 0) is 43.0 Å². The molecule has 0 bridgehead atoms.